The van der Waals surface area contributed by atoms with Gasteiger partial charge in [0.1, 0.15) is 0 Å². The standard InChI is InChI=1S/C16H18N2O3S/c1-12(13-8-10-15(11-9-13)22(2,20)21)17-16(19)18-14-6-4-3-5-7-14/h3-12H,1-2H3,(H2,17,18,19). The molecule has 1 atom stereocenters. The predicted molar refractivity (Wildman–Crippen MR) is 86.6 cm³/mol. The quantitative estimate of drug-likeness (QED) is 0.910. The molecule has 0 spiro atoms. The Morgan fingerprint density at radius 2 is 1.59 bits per heavy atom. The number of anilines is 1. The zero-order valence-electron chi connectivity index (χ0n) is 12.4. The average Bonchev–Trinajstić information content (AvgIpc) is 2.47. The number of hydrogen-bond acceptors (Lipinski definition) is 3. The van der Waals surface area contributed by atoms with E-state index in [1.165, 1.54) is 12.1 Å². The summed E-state index contributed by atoms with van der Waals surface area (Å²) in [5.41, 5.74) is 1.54. The summed E-state index contributed by atoms with van der Waals surface area (Å²) in [7, 11) is -3.21. The van der Waals surface area contributed by atoms with E-state index in [0.29, 0.717) is 5.69 Å². The van der Waals surface area contributed by atoms with Crippen molar-refractivity contribution in [1.82, 2.24) is 5.32 Å². The second kappa shape index (κ2) is 6.62. The molecule has 0 aliphatic rings. The first-order valence-electron chi connectivity index (χ1n) is 6.79. The Morgan fingerprint density at radius 3 is 2.14 bits per heavy atom. The van der Waals surface area contributed by atoms with Gasteiger partial charge in [-0.3, -0.25) is 0 Å². The first-order valence-corrected chi connectivity index (χ1v) is 8.68. The second-order valence-corrected chi connectivity index (χ2v) is 7.04. The van der Waals surface area contributed by atoms with Crippen molar-refractivity contribution in [3.8, 4) is 0 Å². The van der Waals surface area contributed by atoms with E-state index < -0.39 is 9.84 Å². The van der Waals surface area contributed by atoms with E-state index in [1.807, 2.05) is 25.1 Å². The molecular formula is C16H18N2O3S. The summed E-state index contributed by atoms with van der Waals surface area (Å²) in [4.78, 5) is 12.2. The molecular weight excluding hydrogens is 300 g/mol. The van der Waals surface area contributed by atoms with Crippen LogP contribution in [-0.4, -0.2) is 20.7 Å². The highest BCUT2D eigenvalue weighted by Gasteiger charge is 2.11. The highest BCUT2D eigenvalue weighted by molar-refractivity contribution is 7.90. The number of rotatable bonds is 4. The summed E-state index contributed by atoms with van der Waals surface area (Å²) in [5.74, 6) is 0. The van der Waals surface area contributed by atoms with Gasteiger partial charge in [0.2, 0.25) is 0 Å². The van der Waals surface area contributed by atoms with E-state index in [9.17, 15) is 13.2 Å². The number of para-hydroxylation sites is 1. The van der Waals surface area contributed by atoms with E-state index in [1.54, 1.807) is 24.3 Å². The number of sulfone groups is 1. The van der Waals surface area contributed by atoms with E-state index in [4.69, 9.17) is 0 Å². The smallest absolute Gasteiger partial charge is 0.319 e. The molecule has 0 aliphatic heterocycles. The van der Waals surface area contributed by atoms with Crippen molar-refractivity contribution in [3.05, 3.63) is 60.2 Å². The molecule has 0 fully saturated rings. The topological polar surface area (TPSA) is 75.3 Å². The maximum absolute atomic E-state index is 11.9. The van der Waals surface area contributed by atoms with Crippen LogP contribution in [0.25, 0.3) is 0 Å². The Kier molecular flexibility index (Phi) is 4.82. The molecule has 0 aromatic heterocycles. The summed E-state index contributed by atoms with van der Waals surface area (Å²) in [6.07, 6.45) is 1.16. The Balaban J connectivity index is 2.00. The van der Waals surface area contributed by atoms with Crippen molar-refractivity contribution in [2.24, 2.45) is 0 Å². The van der Waals surface area contributed by atoms with E-state index in [2.05, 4.69) is 10.6 Å². The molecule has 0 saturated heterocycles. The van der Waals surface area contributed by atoms with Crippen LogP contribution in [0.1, 0.15) is 18.5 Å². The number of urea groups is 1. The van der Waals surface area contributed by atoms with E-state index in [-0.39, 0.29) is 17.0 Å². The first-order chi connectivity index (χ1) is 10.4. The molecule has 0 bridgehead atoms. The van der Waals surface area contributed by atoms with Crippen molar-refractivity contribution in [3.63, 3.8) is 0 Å². The van der Waals surface area contributed by atoms with Crippen LogP contribution in [0.5, 0.6) is 0 Å². The van der Waals surface area contributed by atoms with Crippen LogP contribution in [0.15, 0.2) is 59.5 Å². The van der Waals surface area contributed by atoms with Crippen molar-refractivity contribution in [1.29, 1.82) is 0 Å². The van der Waals surface area contributed by atoms with Crippen LogP contribution in [0, 0.1) is 0 Å². The lowest BCUT2D eigenvalue weighted by atomic mass is 10.1. The van der Waals surface area contributed by atoms with Crippen LogP contribution in [0.4, 0.5) is 10.5 Å². The average molecular weight is 318 g/mol. The van der Waals surface area contributed by atoms with Crippen LogP contribution in [0.3, 0.4) is 0 Å². The van der Waals surface area contributed by atoms with Gasteiger partial charge in [0.25, 0.3) is 0 Å². The number of benzene rings is 2. The molecule has 5 nitrogen and oxygen atoms in total. The SMILES string of the molecule is CC(NC(=O)Nc1ccccc1)c1ccc(S(C)(=O)=O)cc1. The fourth-order valence-electron chi connectivity index (χ4n) is 1.97. The fourth-order valence-corrected chi connectivity index (χ4v) is 2.60. The summed E-state index contributed by atoms with van der Waals surface area (Å²) in [6.45, 7) is 1.83. The molecule has 2 N–H and O–H groups in total. The zero-order chi connectivity index (χ0) is 16.2. The van der Waals surface area contributed by atoms with Gasteiger partial charge in [-0.1, -0.05) is 30.3 Å². The molecule has 22 heavy (non-hydrogen) atoms. The monoisotopic (exact) mass is 318 g/mol. The molecule has 0 heterocycles. The van der Waals surface area contributed by atoms with Crippen LogP contribution < -0.4 is 10.6 Å². The largest absolute Gasteiger partial charge is 0.331 e. The summed E-state index contributed by atoms with van der Waals surface area (Å²) >= 11 is 0. The molecule has 0 radical (unpaired) electrons. The maximum atomic E-state index is 11.9. The van der Waals surface area contributed by atoms with Gasteiger partial charge in [-0.05, 0) is 36.8 Å². The predicted octanol–water partition coefficient (Wildman–Crippen LogP) is 2.97. The molecule has 6 heteroatoms. The lowest BCUT2D eigenvalue weighted by Gasteiger charge is -2.15. The number of carbonyl (C=O) groups is 1. The normalized spacial score (nSPS) is 12.5. The van der Waals surface area contributed by atoms with E-state index in [0.717, 1.165) is 11.8 Å². The van der Waals surface area contributed by atoms with Crippen molar-refractivity contribution in [2.75, 3.05) is 11.6 Å². The van der Waals surface area contributed by atoms with Crippen molar-refractivity contribution < 1.29 is 13.2 Å². The highest BCUT2D eigenvalue weighted by atomic mass is 32.2. The number of carbonyl (C=O) groups excluding carboxylic acids is 1. The van der Waals surface area contributed by atoms with Gasteiger partial charge in [-0.2, -0.15) is 0 Å². The van der Waals surface area contributed by atoms with Gasteiger partial charge >= 0.3 is 6.03 Å². The second-order valence-electron chi connectivity index (χ2n) is 5.03. The third kappa shape index (κ3) is 4.33. The molecule has 2 rings (SSSR count). The van der Waals surface area contributed by atoms with Crippen molar-refractivity contribution in [2.45, 2.75) is 17.9 Å². The number of nitrogens with one attached hydrogen (secondary N) is 2. The minimum atomic E-state index is -3.21. The lowest BCUT2D eigenvalue weighted by Crippen LogP contribution is -2.31. The summed E-state index contributed by atoms with van der Waals surface area (Å²) < 4.78 is 22.8. The van der Waals surface area contributed by atoms with Crippen LogP contribution >= 0.6 is 0 Å². The van der Waals surface area contributed by atoms with Gasteiger partial charge in [0, 0.05) is 11.9 Å². The molecule has 0 aliphatic carbocycles. The summed E-state index contributed by atoms with van der Waals surface area (Å²) in [5, 5.41) is 5.54. The zero-order valence-corrected chi connectivity index (χ0v) is 13.2. The Hall–Kier alpha value is -2.34. The highest BCUT2D eigenvalue weighted by Crippen LogP contribution is 2.16. The third-order valence-corrected chi connectivity index (χ3v) is 4.32. The third-order valence-electron chi connectivity index (χ3n) is 3.19. The Morgan fingerprint density at radius 1 is 1.00 bits per heavy atom. The molecule has 2 aromatic carbocycles. The molecule has 1 unspecified atom stereocenters. The first kappa shape index (κ1) is 16.0. The van der Waals surface area contributed by atoms with Crippen molar-refractivity contribution >= 4 is 21.6 Å². The molecule has 0 saturated carbocycles. The van der Waals surface area contributed by atoms with E-state index >= 15 is 0 Å². The van der Waals surface area contributed by atoms with Gasteiger partial charge in [-0.25, -0.2) is 13.2 Å². The molecule has 2 amide bonds. The summed E-state index contributed by atoms with van der Waals surface area (Å²) in [6, 6.07) is 15.1. The van der Waals surface area contributed by atoms with Gasteiger partial charge < -0.3 is 10.6 Å². The van der Waals surface area contributed by atoms with Crippen LogP contribution in [-0.2, 0) is 9.84 Å². The Bertz CT molecular complexity index is 741. The van der Waals surface area contributed by atoms with Gasteiger partial charge in [-0.15, -0.1) is 0 Å². The number of amides is 2. The maximum Gasteiger partial charge on any atom is 0.319 e. The molecule has 116 valence electrons. The van der Waals surface area contributed by atoms with Gasteiger partial charge in [0.15, 0.2) is 9.84 Å². The lowest BCUT2D eigenvalue weighted by molar-refractivity contribution is 0.249. The molecule has 2 aromatic rings. The minimum Gasteiger partial charge on any atom is -0.331 e. The fraction of sp³-hybridized carbons (Fsp3) is 0.188. The van der Waals surface area contributed by atoms with Gasteiger partial charge in [0.05, 0.1) is 10.9 Å². The Labute approximate surface area is 130 Å². The van der Waals surface area contributed by atoms with Crippen LogP contribution in [0.2, 0.25) is 0 Å². The minimum absolute atomic E-state index is 0.239. The number of hydrogen-bond donors (Lipinski definition) is 2.